The van der Waals surface area contributed by atoms with Crippen molar-refractivity contribution in [3.8, 4) is 0 Å². The molecule has 5 nitrogen and oxygen atoms in total. The van der Waals surface area contributed by atoms with Gasteiger partial charge < -0.3 is 15.1 Å². The average molecular weight is 346 g/mol. The van der Waals surface area contributed by atoms with Gasteiger partial charge in [-0.1, -0.05) is 12.8 Å². The molecule has 0 heterocycles. The number of hydrogen-bond donors (Lipinski definition) is 1. The molecule has 0 rings (SSSR count). The van der Waals surface area contributed by atoms with Crippen LogP contribution in [0.3, 0.4) is 0 Å². The van der Waals surface area contributed by atoms with E-state index in [0.717, 1.165) is 13.1 Å². The quantitative estimate of drug-likeness (QED) is 0.553. The maximum Gasteiger partial charge on any atom is 0.317 e. The number of hydrogen-bond acceptors (Lipinski definition) is 4. The van der Waals surface area contributed by atoms with Crippen LogP contribution in [0.2, 0.25) is 0 Å². The summed E-state index contributed by atoms with van der Waals surface area (Å²) in [6.45, 7) is 7.51. The van der Waals surface area contributed by atoms with E-state index in [0.29, 0.717) is 6.54 Å². The van der Waals surface area contributed by atoms with E-state index >= 15 is 0 Å². The second kappa shape index (κ2) is 11.7. The Labute approximate surface area is 146 Å². The molecule has 0 radical (unpaired) electrons. The summed E-state index contributed by atoms with van der Waals surface area (Å²) in [7, 11) is 3.86. The van der Waals surface area contributed by atoms with Crippen molar-refractivity contribution in [3.05, 3.63) is 0 Å². The molecule has 0 saturated heterocycles. The second-order valence-electron chi connectivity index (χ2n) is 6.74. The van der Waals surface area contributed by atoms with E-state index in [1.807, 2.05) is 11.8 Å². The molecule has 0 unspecified atom stereocenters. The first-order chi connectivity index (χ1) is 10.7. The molecule has 0 atom stereocenters. The Balaban J connectivity index is 3.88. The minimum Gasteiger partial charge on any atom is -0.327 e. The lowest BCUT2D eigenvalue weighted by Gasteiger charge is -2.28. The fourth-order valence-corrected chi connectivity index (χ4v) is 2.46. The van der Waals surface area contributed by atoms with E-state index in [9.17, 15) is 9.59 Å². The molecule has 0 aromatic heterocycles. The molecule has 0 aliphatic heterocycles. The third kappa shape index (κ3) is 10.6. The number of carbonyl (C=O) groups excluding carboxylic acids is 2. The van der Waals surface area contributed by atoms with Gasteiger partial charge in [0.2, 0.25) is 0 Å². The molecule has 0 bridgehead atoms. The maximum absolute atomic E-state index is 12.1. The van der Waals surface area contributed by atoms with Gasteiger partial charge in [0.25, 0.3) is 0 Å². The first-order valence-corrected chi connectivity index (χ1v) is 9.82. The minimum atomic E-state index is -0.811. The van der Waals surface area contributed by atoms with E-state index in [1.165, 1.54) is 38.4 Å². The van der Waals surface area contributed by atoms with Crippen LogP contribution >= 0.6 is 11.8 Å². The lowest BCUT2D eigenvalue weighted by atomic mass is 10.0. The highest BCUT2D eigenvalue weighted by molar-refractivity contribution is 7.98. The number of Topliss-reactive ketones (excluding diaryl/α,β-unsaturated/α-hetero) is 1. The van der Waals surface area contributed by atoms with Gasteiger partial charge in [-0.25, -0.2) is 4.79 Å². The van der Waals surface area contributed by atoms with Crippen molar-refractivity contribution < 1.29 is 9.59 Å². The lowest BCUT2D eigenvalue weighted by molar-refractivity contribution is -0.121. The number of ketones is 1. The van der Waals surface area contributed by atoms with E-state index in [2.05, 4.69) is 23.5 Å². The van der Waals surface area contributed by atoms with Crippen molar-refractivity contribution in [3.63, 3.8) is 0 Å². The van der Waals surface area contributed by atoms with Crippen LogP contribution in [0.5, 0.6) is 0 Å². The second-order valence-corrected chi connectivity index (χ2v) is 7.73. The fraction of sp³-hybridized carbons (Fsp3) is 0.882. The highest BCUT2D eigenvalue weighted by atomic mass is 32.2. The molecule has 1 N–H and O–H groups in total. The molecular weight excluding hydrogens is 310 g/mol. The molecule has 0 aliphatic carbocycles. The van der Waals surface area contributed by atoms with E-state index in [1.54, 1.807) is 25.8 Å². The van der Waals surface area contributed by atoms with Gasteiger partial charge in [-0.05, 0) is 59.2 Å². The molecule has 0 spiro atoms. The maximum atomic E-state index is 12.1. The molecular formula is C17H35N3O2S. The smallest absolute Gasteiger partial charge is 0.317 e. The van der Waals surface area contributed by atoms with Crippen LogP contribution in [0.1, 0.15) is 46.5 Å². The van der Waals surface area contributed by atoms with Crippen LogP contribution in [0.15, 0.2) is 0 Å². The van der Waals surface area contributed by atoms with Crippen LogP contribution in [-0.4, -0.2) is 72.9 Å². The lowest BCUT2D eigenvalue weighted by Crippen LogP contribution is -2.53. The fourth-order valence-electron chi connectivity index (χ4n) is 1.97. The van der Waals surface area contributed by atoms with Gasteiger partial charge >= 0.3 is 6.03 Å². The summed E-state index contributed by atoms with van der Waals surface area (Å²) >= 11 is 1.91. The van der Waals surface area contributed by atoms with Crippen LogP contribution in [0.4, 0.5) is 4.79 Å². The Hall–Kier alpha value is -0.750. The van der Waals surface area contributed by atoms with Crippen molar-refractivity contribution in [2.75, 3.05) is 45.7 Å². The molecule has 23 heavy (non-hydrogen) atoms. The van der Waals surface area contributed by atoms with Crippen LogP contribution < -0.4 is 5.32 Å². The van der Waals surface area contributed by atoms with Crippen molar-refractivity contribution in [2.24, 2.45) is 0 Å². The monoisotopic (exact) mass is 345 g/mol. The zero-order valence-electron chi connectivity index (χ0n) is 15.8. The number of unbranched alkanes of at least 4 members (excludes halogenated alkanes) is 3. The average Bonchev–Trinajstić information content (AvgIpc) is 2.47. The van der Waals surface area contributed by atoms with Crippen molar-refractivity contribution in [1.82, 2.24) is 15.1 Å². The Bertz CT molecular complexity index is 362. The molecule has 0 aromatic rings. The first kappa shape index (κ1) is 22.2. The number of likely N-dealkylation sites (N-methyl/N-ethyl adjacent to an activating group) is 2. The van der Waals surface area contributed by atoms with E-state index in [-0.39, 0.29) is 11.8 Å². The predicted molar refractivity (Wildman–Crippen MR) is 100 cm³/mol. The molecule has 0 aliphatic rings. The summed E-state index contributed by atoms with van der Waals surface area (Å²) in [5.74, 6) is 1.21. The molecule has 0 fully saturated rings. The molecule has 0 aromatic carbocycles. The van der Waals surface area contributed by atoms with Gasteiger partial charge in [-0.15, -0.1) is 0 Å². The van der Waals surface area contributed by atoms with Crippen LogP contribution in [0, 0.1) is 0 Å². The van der Waals surface area contributed by atoms with Crippen molar-refractivity contribution in [2.45, 2.75) is 52.0 Å². The normalized spacial score (nSPS) is 11.6. The summed E-state index contributed by atoms with van der Waals surface area (Å²) in [6, 6.07) is -0.198. The third-order valence-corrected chi connectivity index (χ3v) is 4.80. The number of nitrogens with one attached hydrogen (secondary N) is 1. The summed E-state index contributed by atoms with van der Waals surface area (Å²) < 4.78 is 0. The van der Waals surface area contributed by atoms with Gasteiger partial charge in [0, 0.05) is 20.1 Å². The van der Waals surface area contributed by atoms with Gasteiger partial charge in [-0.2, -0.15) is 11.8 Å². The minimum absolute atomic E-state index is 0.0437. The van der Waals surface area contributed by atoms with Crippen molar-refractivity contribution in [1.29, 1.82) is 0 Å². The van der Waals surface area contributed by atoms with Crippen molar-refractivity contribution >= 4 is 23.6 Å². The third-order valence-electron chi connectivity index (χ3n) is 4.10. The number of carbonyl (C=O) groups is 2. The number of nitrogens with zero attached hydrogens (tertiary/aromatic N) is 2. The Kier molecular flexibility index (Phi) is 11.4. The highest BCUT2D eigenvalue weighted by Gasteiger charge is 2.26. The SMILES string of the molecule is CSCCCCCCN(C)CCN(C)C(=O)NC(C)(C)C(C)=O. The molecule has 136 valence electrons. The Morgan fingerprint density at radius 2 is 1.61 bits per heavy atom. The van der Waals surface area contributed by atoms with E-state index in [4.69, 9.17) is 0 Å². The van der Waals surface area contributed by atoms with Gasteiger partial charge in [-0.3, -0.25) is 4.79 Å². The standard InChI is InChI=1S/C17H35N3O2S/c1-15(21)17(2,3)18-16(22)20(5)13-12-19(4)11-9-7-8-10-14-23-6/h7-14H2,1-6H3,(H,18,22). The zero-order chi connectivity index (χ0) is 17.9. The zero-order valence-corrected chi connectivity index (χ0v) is 16.6. The summed E-state index contributed by atoms with van der Waals surface area (Å²) in [6.07, 6.45) is 7.24. The number of rotatable bonds is 12. The summed E-state index contributed by atoms with van der Waals surface area (Å²) in [4.78, 5) is 27.4. The number of amides is 2. The van der Waals surface area contributed by atoms with Gasteiger partial charge in [0.1, 0.15) is 0 Å². The Morgan fingerprint density at radius 1 is 1.00 bits per heavy atom. The van der Waals surface area contributed by atoms with Crippen LogP contribution in [-0.2, 0) is 4.79 Å². The number of thioether (sulfide) groups is 1. The molecule has 6 heteroatoms. The predicted octanol–water partition coefficient (Wildman–Crippen LogP) is 2.85. The number of urea groups is 1. The molecule has 2 amide bonds. The topological polar surface area (TPSA) is 52.6 Å². The van der Waals surface area contributed by atoms with E-state index < -0.39 is 5.54 Å². The Morgan fingerprint density at radius 3 is 2.17 bits per heavy atom. The first-order valence-electron chi connectivity index (χ1n) is 8.42. The highest BCUT2D eigenvalue weighted by Crippen LogP contribution is 2.06. The largest absolute Gasteiger partial charge is 0.327 e. The van der Waals surface area contributed by atoms with Gasteiger partial charge in [0.15, 0.2) is 5.78 Å². The van der Waals surface area contributed by atoms with Gasteiger partial charge in [0.05, 0.1) is 5.54 Å². The summed E-state index contributed by atoms with van der Waals surface area (Å²) in [5.41, 5.74) is -0.811. The molecule has 0 saturated carbocycles. The van der Waals surface area contributed by atoms with Crippen LogP contribution in [0.25, 0.3) is 0 Å². The summed E-state index contributed by atoms with van der Waals surface area (Å²) in [5, 5.41) is 2.77.